The largest absolute Gasteiger partial charge is 0.472 e. The minimum absolute atomic E-state index is 0.0148. The third-order valence-electron chi connectivity index (χ3n) is 10.9. The Morgan fingerprint density at radius 3 is 2.49 bits per heavy atom. The highest BCUT2D eigenvalue weighted by Crippen LogP contribution is 2.46. The number of alkyl carbamates (subject to hydrolysis) is 1. The standard InChI is InChI=1S/C37H45F4N5O8S/c1-20-7-5-6-8-23-18-36(23,33(49)45-55(51,52)26-11-12-26)44-30(47)28-17-25(53-31-27-16-24(38)10-9-22(27)13-14-42-31)19-46(28)32(48)29(21(2)15-20)43-34(50)54-35(3,4)37(39,40)41/h6,8-10,13-14,16,20-21,23,25-26,28-29H,5,7,11-12,15,17-19H2,1-4H3,(H,43,50)(H,44,47)(H,45,49)/b8-6-/t20-,21-,23-,25-,28+,29+,36-/m1/s1. The van der Waals surface area contributed by atoms with Crippen LogP contribution in [0.3, 0.4) is 0 Å². The van der Waals surface area contributed by atoms with Gasteiger partial charge in [0.2, 0.25) is 33.3 Å². The van der Waals surface area contributed by atoms with Crippen LogP contribution in [-0.4, -0.2) is 89.4 Å². The van der Waals surface area contributed by atoms with Crippen molar-refractivity contribution in [2.45, 2.75) is 113 Å². The van der Waals surface area contributed by atoms with Gasteiger partial charge in [0, 0.05) is 23.9 Å². The number of hydrogen-bond acceptors (Lipinski definition) is 9. The maximum Gasteiger partial charge on any atom is 0.427 e. The average Bonchev–Trinajstić information content (AvgIpc) is 4.01. The molecule has 55 heavy (non-hydrogen) atoms. The van der Waals surface area contributed by atoms with Gasteiger partial charge in [0.15, 0.2) is 0 Å². The molecular formula is C37H45F4N5O8S. The number of ether oxygens (including phenoxy) is 2. The molecule has 1 aromatic heterocycles. The van der Waals surface area contributed by atoms with Gasteiger partial charge in [-0.05, 0) is 87.8 Å². The zero-order chi connectivity index (χ0) is 40.1. The summed E-state index contributed by atoms with van der Waals surface area (Å²) < 4.78 is 94.0. The lowest BCUT2D eigenvalue weighted by Crippen LogP contribution is -2.59. The van der Waals surface area contributed by atoms with E-state index < -0.39 is 92.2 Å². The molecule has 1 aromatic carbocycles. The SMILES string of the molecule is C[C@@H]1CC/C=C\[C@@H]2C[C@@]2(C(=O)NS(=O)(=O)C2CC2)NC(=O)[C@@H]2C[C@@H](Oc3nccc4ccc(F)cc34)CN2C(=O)[C@@H](NC(=O)OC(C)(C)C(F)(F)F)[C@H](C)C1. The fourth-order valence-electron chi connectivity index (χ4n) is 7.31. The molecule has 0 spiro atoms. The first-order valence-electron chi connectivity index (χ1n) is 18.3. The summed E-state index contributed by atoms with van der Waals surface area (Å²) in [6.07, 6.45) is -0.132. The number of fused-ring (bicyclic) bond motifs is 3. The van der Waals surface area contributed by atoms with Gasteiger partial charge in [0.25, 0.3) is 5.91 Å². The predicted molar refractivity (Wildman–Crippen MR) is 190 cm³/mol. The van der Waals surface area contributed by atoms with E-state index >= 15 is 0 Å². The topological polar surface area (TPSA) is 173 Å². The minimum Gasteiger partial charge on any atom is -0.472 e. The van der Waals surface area contributed by atoms with Crippen LogP contribution in [0.1, 0.15) is 72.6 Å². The first kappa shape index (κ1) is 40.2. The molecule has 0 unspecified atom stereocenters. The molecule has 4 aliphatic rings. The number of carbonyl (C=O) groups is 4. The van der Waals surface area contributed by atoms with Crippen LogP contribution in [0.4, 0.5) is 22.4 Å². The van der Waals surface area contributed by atoms with Crippen molar-refractivity contribution in [2.24, 2.45) is 17.8 Å². The number of hydrogen-bond donors (Lipinski definition) is 3. The van der Waals surface area contributed by atoms with Crippen LogP contribution in [0.2, 0.25) is 0 Å². The summed E-state index contributed by atoms with van der Waals surface area (Å²) in [6.45, 7) is 4.65. The Balaban J connectivity index is 1.35. The predicted octanol–water partition coefficient (Wildman–Crippen LogP) is 4.65. The highest BCUT2D eigenvalue weighted by Gasteiger charge is 2.62. The maximum absolute atomic E-state index is 14.6. The van der Waals surface area contributed by atoms with Crippen molar-refractivity contribution < 1.29 is 54.6 Å². The van der Waals surface area contributed by atoms with E-state index in [1.165, 1.54) is 24.4 Å². The van der Waals surface area contributed by atoms with Gasteiger partial charge in [0.1, 0.15) is 29.5 Å². The molecule has 13 nitrogen and oxygen atoms in total. The number of alkyl halides is 3. The van der Waals surface area contributed by atoms with E-state index in [0.29, 0.717) is 56.7 Å². The normalized spacial score (nSPS) is 29.9. The molecule has 3 fully saturated rings. The number of sulfonamides is 1. The van der Waals surface area contributed by atoms with E-state index in [1.54, 1.807) is 19.1 Å². The Labute approximate surface area is 316 Å². The zero-order valence-corrected chi connectivity index (χ0v) is 31.6. The molecule has 0 radical (unpaired) electrons. The molecule has 18 heteroatoms. The number of aromatic nitrogens is 1. The van der Waals surface area contributed by atoms with Crippen LogP contribution >= 0.6 is 0 Å². The lowest BCUT2D eigenvalue weighted by Gasteiger charge is -2.34. The highest BCUT2D eigenvalue weighted by molar-refractivity contribution is 7.91. The maximum atomic E-state index is 14.6. The molecule has 4 amide bonds. The molecule has 0 bridgehead atoms. The lowest BCUT2D eigenvalue weighted by molar-refractivity contribution is -0.244. The van der Waals surface area contributed by atoms with Crippen LogP contribution in [-0.2, 0) is 29.1 Å². The van der Waals surface area contributed by atoms with Gasteiger partial charge < -0.3 is 25.0 Å². The van der Waals surface area contributed by atoms with Gasteiger partial charge in [-0.25, -0.2) is 22.6 Å². The van der Waals surface area contributed by atoms with Crippen LogP contribution in [0, 0.1) is 23.6 Å². The van der Waals surface area contributed by atoms with Crippen molar-refractivity contribution in [1.29, 1.82) is 0 Å². The molecule has 2 aliphatic carbocycles. The smallest absolute Gasteiger partial charge is 0.427 e. The van der Waals surface area contributed by atoms with E-state index in [0.717, 1.165) is 4.90 Å². The number of halogens is 4. The molecule has 3 N–H and O–H groups in total. The zero-order valence-electron chi connectivity index (χ0n) is 30.8. The number of allylic oxidation sites excluding steroid dienone is 1. The van der Waals surface area contributed by atoms with Crippen molar-refractivity contribution in [3.05, 3.63) is 48.4 Å². The summed E-state index contributed by atoms with van der Waals surface area (Å²) in [5.41, 5.74) is -4.55. The lowest BCUT2D eigenvalue weighted by atomic mass is 9.88. The summed E-state index contributed by atoms with van der Waals surface area (Å²) in [5, 5.41) is 5.29. The van der Waals surface area contributed by atoms with Gasteiger partial charge >= 0.3 is 12.3 Å². The number of rotatable bonds is 7. The van der Waals surface area contributed by atoms with Gasteiger partial charge in [0.05, 0.1) is 11.8 Å². The Bertz CT molecular complexity index is 1990. The second kappa shape index (κ2) is 14.9. The summed E-state index contributed by atoms with van der Waals surface area (Å²) in [5.74, 6) is -4.36. The third-order valence-corrected chi connectivity index (χ3v) is 12.7. The van der Waals surface area contributed by atoms with Gasteiger partial charge in [-0.2, -0.15) is 13.2 Å². The van der Waals surface area contributed by atoms with Crippen molar-refractivity contribution in [3.63, 3.8) is 0 Å². The Hall–Kier alpha value is -4.48. The summed E-state index contributed by atoms with van der Waals surface area (Å²) >= 11 is 0. The first-order chi connectivity index (χ1) is 25.7. The quantitative estimate of drug-likeness (QED) is 0.266. The van der Waals surface area contributed by atoms with E-state index in [4.69, 9.17) is 9.47 Å². The number of benzene rings is 1. The van der Waals surface area contributed by atoms with Crippen LogP contribution in [0.15, 0.2) is 42.6 Å². The Morgan fingerprint density at radius 1 is 1.07 bits per heavy atom. The van der Waals surface area contributed by atoms with Gasteiger partial charge in [-0.3, -0.25) is 19.1 Å². The Kier molecular flexibility index (Phi) is 10.9. The molecular weight excluding hydrogens is 750 g/mol. The monoisotopic (exact) mass is 795 g/mol. The Morgan fingerprint density at radius 2 is 1.80 bits per heavy atom. The van der Waals surface area contributed by atoms with Crippen molar-refractivity contribution in [3.8, 4) is 5.88 Å². The second-order valence-electron chi connectivity index (χ2n) is 15.8. The number of amides is 4. The van der Waals surface area contributed by atoms with Crippen molar-refractivity contribution >= 4 is 44.6 Å². The number of nitrogens with one attached hydrogen (secondary N) is 3. The fraction of sp³-hybridized carbons (Fsp3) is 0.595. The molecule has 3 heterocycles. The molecule has 2 saturated carbocycles. The molecule has 6 rings (SSSR count). The highest BCUT2D eigenvalue weighted by atomic mass is 32.2. The molecule has 7 atom stereocenters. The van der Waals surface area contributed by atoms with Gasteiger partial charge in [-0.15, -0.1) is 0 Å². The number of nitrogens with zero attached hydrogens (tertiary/aromatic N) is 2. The molecule has 300 valence electrons. The minimum atomic E-state index is -4.92. The van der Waals surface area contributed by atoms with Crippen LogP contribution in [0.25, 0.3) is 10.8 Å². The second-order valence-corrected chi connectivity index (χ2v) is 17.7. The summed E-state index contributed by atoms with van der Waals surface area (Å²) in [6, 6.07) is 2.83. The number of pyridine rings is 1. The average molecular weight is 796 g/mol. The van der Waals surface area contributed by atoms with Crippen molar-refractivity contribution in [2.75, 3.05) is 6.54 Å². The number of carbonyl (C=O) groups excluding carboxylic acids is 4. The fourth-order valence-corrected chi connectivity index (χ4v) is 8.67. The molecule has 2 aliphatic heterocycles. The van der Waals surface area contributed by atoms with Crippen LogP contribution in [0.5, 0.6) is 5.88 Å². The van der Waals surface area contributed by atoms with Crippen LogP contribution < -0.4 is 20.1 Å². The summed E-state index contributed by atoms with van der Waals surface area (Å²) in [4.78, 5) is 61.1. The van der Waals surface area contributed by atoms with Gasteiger partial charge in [-0.1, -0.05) is 32.1 Å². The first-order valence-corrected chi connectivity index (χ1v) is 19.9. The molecule has 2 aromatic rings. The van der Waals surface area contributed by atoms with E-state index in [2.05, 4.69) is 20.3 Å². The van der Waals surface area contributed by atoms with E-state index in [1.807, 2.05) is 13.0 Å². The third kappa shape index (κ3) is 8.68. The summed E-state index contributed by atoms with van der Waals surface area (Å²) in [7, 11) is -3.99. The van der Waals surface area contributed by atoms with E-state index in [9.17, 15) is 45.2 Å². The van der Waals surface area contributed by atoms with E-state index in [-0.39, 0.29) is 31.2 Å². The van der Waals surface area contributed by atoms with Crippen molar-refractivity contribution in [1.82, 2.24) is 25.2 Å². The molecule has 1 saturated heterocycles.